The zero-order chi connectivity index (χ0) is 12.7. The van der Waals surface area contributed by atoms with Gasteiger partial charge in [0, 0.05) is 7.05 Å². The lowest BCUT2D eigenvalue weighted by atomic mass is 10.0. The van der Waals surface area contributed by atoms with Crippen molar-refractivity contribution in [3.63, 3.8) is 0 Å². The van der Waals surface area contributed by atoms with E-state index in [1.165, 1.54) is 24.0 Å². The van der Waals surface area contributed by atoms with Gasteiger partial charge in [0.1, 0.15) is 5.84 Å². The standard InChI is InChI=1S/C15H22N2/c1-4-5-7-13-8-6-9-14(11-13)12(2)10-15(16)17-3/h6,8-11H,4-5,7H2,1-3H3,(H2,16,17)/b12-10+. The molecule has 0 unspecified atom stereocenters. The Labute approximate surface area is 104 Å². The highest BCUT2D eigenvalue weighted by Gasteiger charge is 1.99. The monoisotopic (exact) mass is 230 g/mol. The second-order valence-corrected chi connectivity index (χ2v) is 4.28. The summed E-state index contributed by atoms with van der Waals surface area (Å²) in [5.41, 5.74) is 9.48. The predicted octanol–water partition coefficient (Wildman–Crippen LogP) is 3.42. The number of nitrogens with two attached hydrogens (primary N) is 1. The molecular formula is C15H22N2. The number of aryl methyl sites for hydroxylation is 1. The second-order valence-electron chi connectivity index (χ2n) is 4.28. The van der Waals surface area contributed by atoms with Crippen molar-refractivity contribution in [2.45, 2.75) is 33.1 Å². The molecule has 0 radical (unpaired) electrons. The van der Waals surface area contributed by atoms with Crippen molar-refractivity contribution in [1.82, 2.24) is 0 Å². The van der Waals surface area contributed by atoms with Crippen molar-refractivity contribution < 1.29 is 0 Å². The van der Waals surface area contributed by atoms with E-state index in [1.54, 1.807) is 7.05 Å². The van der Waals surface area contributed by atoms with E-state index in [0.717, 1.165) is 12.0 Å². The van der Waals surface area contributed by atoms with Gasteiger partial charge in [-0.1, -0.05) is 37.6 Å². The molecular weight excluding hydrogens is 208 g/mol. The average Bonchev–Trinajstić information content (AvgIpc) is 2.36. The van der Waals surface area contributed by atoms with E-state index in [9.17, 15) is 0 Å². The summed E-state index contributed by atoms with van der Waals surface area (Å²) in [5, 5.41) is 0. The first-order chi connectivity index (χ1) is 8.17. The van der Waals surface area contributed by atoms with Crippen LogP contribution >= 0.6 is 0 Å². The SMILES string of the molecule is CCCCc1cccc(/C(C)=C/C(N)=NC)c1. The van der Waals surface area contributed by atoms with E-state index in [2.05, 4.69) is 43.1 Å². The van der Waals surface area contributed by atoms with Crippen molar-refractivity contribution in [3.05, 3.63) is 41.5 Å². The van der Waals surface area contributed by atoms with Crippen molar-refractivity contribution in [1.29, 1.82) is 0 Å². The van der Waals surface area contributed by atoms with Crippen LogP contribution in [0.3, 0.4) is 0 Å². The van der Waals surface area contributed by atoms with Crippen LogP contribution in [-0.2, 0) is 6.42 Å². The minimum Gasteiger partial charge on any atom is -0.384 e. The minimum absolute atomic E-state index is 0.571. The molecule has 0 saturated heterocycles. The molecule has 0 aromatic heterocycles. The predicted molar refractivity (Wildman–Crippen MR) is 76.3 cm³/mol. The normalized spacial score (nSPS) is 12.9. The highest BCUT2D eigenvalue weighted by Crippen LogP contribution is 2.16. The van der Waals surface area contributed by atoms with Crippen LogP contribution in [0.25, 0.3) is 5.57 Å². The number of allylic oxidation sites excluding steroid dienone is 1. The zero-order valence-electron chi connectivity index (χ0n) is 11.0. The molecule has 0 bridgehead atoms. The molecule has 0 heterocycles. The van der Waals surface area contributed by atoms with E-state index in [0.29, 0.717) is 5.84 Å². The van der Waals surface area contributed by atoms with Crippen LogP contribution in [0.2, 0.25) is 0 Å². The smallest absolute Gasteiger partial charge is 0.118 e. The summed E-state index contributed by atoms with van der Waals surface area (Å²) in [5.74, 6) is 0.571. The van der Waals surface area contributed by atoms with E-state index >= 15 is 0 Å². The number of amidine groups is 1. The number of nitrogens with zero attached hydrogens (tertiary/aromatic N) is 1. The number of rotatable bonds is 5. The molecule has 0 fully saturated rings. The lowest BCUT2D eigenvalue weighted by Gasteiger charge is -2.05. The van der Waals surface area contributed by atoms with E-state index in [-0.39, 0.29) is 0 Å². The van der Waals surface area contributed by atoms with Crippen molar-refractivity contribution in [3.8, 4) is 0 Å². The maximum atomic E-state index is 5.70. The van der Waals surface area contributed by atoms with Gasteiger partial charge in [0.05, 0.1) is 0 Å². The van der Waals surface area contributed by atoms with Crippen LogP contribution in [0.4, 0.5) is 0 Å². The molecule has 0 aliphatic heterocycles. The number of unbranched alkanes of at least 4 members (excludes halogenated alkanes) is 1. The third-order valence-corrected chi connectivity index (χ3v) is 2.82. The number of benzene rings is 1. The Balaban J connectivity index is 2.87. The minimum atomic E-state index is 0.571. The number of hydrogen-bond donors (Lipinski definition) is 1. The summed E-state index contributed by atoms with van der Waals surface area (Å²) >= 11 is 0. The molecule has 0 saturated carbocycles. The Morgan fingerprint density at radius 1 is 1.41 bits per heavy atom. The van der Waals surface area contributed by atoms with Gasteiger partial charge in [-0.2, -0.15) is 0 Å². The Kier molecular flexibility index (Phi) is 5.47. The first-order valence-electron chi connectivity index (χ1n) is 6.17. The first kappa shape index (κ1) is 13.5. The molecule has 0 aliphatic carbocycles. The van der Waals surface area contributed by atoms with Gasteiger partial charge >= 0.3 is 0 Å². The van der Waals surface area contributed by atoms with Crippen molar-refractivity contribution in [2.75, 3.05) is 7.05 Å². The van der Waals surface area contributed by atoms with Crippen LogP contribution in [0.5, 0.6) is 0 Å². The maximum absolute atomic E-state index is 5.70. The lowest BCUT2D eigenvalue weighted by molar-refractivity contribution is 0.795. The molecule has 0 aliphatic rings. The van der Waals surface area contributed by atoms with Gasteiger partial charge in [0.15, 0.2) is 0 Å². The quantitative estimate of drug-likeness (QED) is 0.611. The number of aliphatic imine (C=N–C) groups is 1. The van der Waals surface area contributed by atoms with Gasteiger partial charge in [-0.05, 0) is 42.5 Å². The molecule has 17 heavy (non-hydrogen) atoms. The van der Waals surface area contributed by atoms with Gasteiger partial charge < -0.3 is 5.73 Å². The first-order valence-corrected chi connectivity index (χ1v) is 6.17. The van der Waals surface area contributed by atoms with Crippen LogP contribution < -0.4 is 5.73 Å². The van der Waals surface area contributed by atoms with Gasteiger partial charge in [0.25, 0.3) is 0 Å². The summed E-state index contributed by atoms with van der Waals surface area (Å²) in [6.45, 7) is 4.28. The molecule has 2 N–H and O–H groups in total. The highest BCUT2D eigenvalue weighted by molar-refractivity contribution is 5.97. The highest BCUT2D eigenvalue weighted by atomic mass is 14.8. The fraction of sp³-hybridized carbons (Fsp3) is 0.400. The number of hydrogen-bond acceptors (Lipinski definition) is 1. The zero-order valence-corrected chi connectivity index (χ0v) is 11.0. The summed E-state index contributed by atoms with van der Waals surface area (Å²) in [4.78, 5) is 3.94. The van der Waals surface area contributed by atoms with Gasteiger partial charge in [-0.25, -0.2) is 0 Å². The summed E-state index contributed by atoms with van der Waals surface area (Å²) in [6.07, 6.45) is 5.53. The Morgan fingerprint density at radius 2 is 2.18 bits per heavy atom. The van der Waals surface area contributed by atoms with E-state index in [1.807, 2.05) is 6.08 Å². The largest absolute Gasteiger partial charge is 0.384 e. The second kappa shape index (κ2) is 6.89. The van der Waals surface area contributed by atoms with Crippen LogP contribution in [-0.4, -0.2) is 12.9 Å². The topological polar surface area (TPSA) is 38.4 Å². The summed E-state index contributed by atoms with van der Waals surface area (Å²) in [7, 11) is 1.71. The molecule has 0 atom stereocenters. The lowest BCUT2D eigenvalue weighted by Crippen LogP contribution is -2.07. The molecule has 0 spiro atoms. The third-order valence-electron chi connectivity index (χ3n) is 2.82. The van der Waals surface area contributed by atoms with Crippen molar-refractivity contribution >= 4 is 11.4 Å². The van der Waals surface area contributed by atoms with E-state index < -0.39 is 0 Å². The molecule has 92 valence electrons. The fourth-order valence-electron chi connectivity index (χ4n) is 1.72. The van der Waals surface area contributed by atoms with Crippen LogP contribution in [0.1, 0.15) is 37.8 Å². The summed E-state index contributed by atoms with van der Waals surface area (Å²) in [6, 6.07) is 8.65. The molecule has 0 amide bonds. The van der Waals surface area contributed by atoms with Crippen molar-refractivity contribution in [2.24, 2.45) is 10.7 Å². The van der Waals surface area contributed by atoms with Gasteiger partial charge in [-0.3, -0.25) is 4.99 Å². The third kappa shape index (κ3) is 4.43. The fourth-order valence-corrected chi connectivity index (χ4v) is 1.72. The Hall–Kier alpha value is -1.57. The van der Waals surface area contributed by atoms with Crippen LogP contribution in [0.15, 0.2) is 35.3 Å². The maximum Gasteiger partial charge on any atom is 0.118 e. The van der Waals surface area contributed by atoms with Gasteiger partial charge in [0.2, 0.25) is 0 Å². The molecule has 1 rings (SSSR count). The molecule has 1 aromatic rings. The van der Waals surface area contributed by atoms with Gasteiger partial charge in [-0.15, -0.1) is 0 Å². The molecule has 2 heteroatoms. The Bertz CT molecular complexity index is 417. The van der Waals surface area contributed by atoms with E-state index in [4.69, 9.17) is 5.73 Å². The van der Waals surface area contributed by atoms with Crippen LogP contribution in [0, 0.1) is 0 Å². The molecule has 2 nitrogen and oxygen atoms in total. The Morgan fingerprint density at radius 3 is 2.82 bits per heavy atom. The molecule has 1 aromatic carbocycles. The summed E-state index contributed by atoms with van der Waals surface area (Å²) < 4.78 is 0. The average molecular weight is 230 g/mol.